The Morgan fingerprint density at radius 3 is 2.60 bits per heavy atom. The summed E-state index contributed by atoms with van der Waals surface area (Å²) < 4.78 is 5.31. The molecule has 0 spiro atoms. The van der Waals surface area contributed by atoms with Gasteiger partial charge in [0.05, 0.1) is 12.5 Å². The molecule has 0 heterocycles. The van der Waals surface area contributed by atoms with Crippen molar-refractivity contribution >= 4 is 5.97 Å². The van der Waals surface area contributed by atoms with E-state index in [9.17, 15) is 4.79 Å². The fraction of sp³-hybridized carbons (Fsp3) is 0.917. The third kappa shape index (κ3) is 3.20. The Morgan fingerprint density at radius 2 is 1.87 bits per heavy atom. The van der Waals surface area contributed by atoms with E-state index in [1.807, 2.05) is 0 Å². The summed E-state index contributed by atoms with van der Waals surface area (Å²) >= 11 is 0. The van der Waals surface area contributed by atoms with Crippen LogP contribution in [0.25, 0.3) is 0 Å². The number of hydrogen-bond donors (Lipinski definition) is 1. The normalized spacial score (nSPS) is 32.1. The monoisotopic (exact) mass is 211 g/mol. The third-order valence-electron chi connectivity index (χ3n) is 3.53. The first kappa shape index (κ1) is 10.9. The molecular weight excluding hydrogens is 190 g/mol. The highest BCUT2D eigenvalue weighted by Crippen LogP contribution is 2.30. The smallest absolute Gasteiger partial charge is 0.310 e. The van der Waals surface area contributed by atoms with Crippen molar-refractivity contribution in [2.75, 3.05) is 6.61 Å². The standard InChI is InChI=1S/C12H21NO2/c13-11-5-3-1-2-4-10(11)12(14)15-8-9-6-7-9/h9-11H,1-8,13H2. The molecule has 0 amide bonds. The molecule has 2 atom stereocenters. The van der Waals surface area contributed by atoms with Gasteiger partial charge in [-0.1, -0.05) is 19.3 Å². The van der Waals surface area contributed by atoms with E-state index in [2.05, 4.69) is 0 Å². The lowest BCUT2D eigenvalue weighted by Crippen LogP contribution is -2.35. The number of hydrogen-bond acceptors (Lipinski definition) is 3. The lowest BCUT2D eigenvalue weighted by Gasteiger charge is -2.19. The number of carbonyl (C=O) groups excluding carboxylic acids is 1. The molecule has 2 unspecified atom stereocenters. The second kappa shape index (κ2) is 4.97. The molecule has 0 aliphatic heterocycles. The second-order valence-electron chi connectivity index (χ2n) is 4.98. The van der Waals surface area contributed by atoms with Crippen LogP contribution in [0.3, 0.4) is 0 Å². The maximum Gasteiger partial charge on any atom is 0.310 e. The average molecular weight is 211 g/mol. The highest BCUT2D eigenvalue weighted by Gasteiger charge is 2.30. The zero-order valence-electron chi connectivity index (χ0n) is 9.28. The van der Waals surface area contributed by atoms with Crippen LogP contribution in [0.15, 0.2) is 0 Å². The number of carbonyl (C=O) groups is 1. The first-order chi connectivity index (χ1) is 7.27. The summed E-state index contributed by atoms with van der Waals surface area (Å²) in [6.07, 6.45) is 7.84. The van der Waals surface area contributed by atoms with Gasteiger partial charge in [0.25, 0.3) is 0 Å². The molecule has 86 valence electrons. The molecule has 2 saturated carbocycles. The fourth-order valence-electron chi connectivity index (χ4n) is 2.22. The van der Waals surface area contributed by atoms with Crippen LogP contribution in [0.1, 0.15) is 44.9 Å². The van der Waals surface area contributed by atoms with Crippen LogP contribution >= 0.6 is 0 Å². The van der Waals surface area contributed by atoms with Crippen LogP contribution in [0.4, 0.5) is 0 Å². The van der Waals surface area contributed by atoms with Crippen LogP contribution in [-0.4, -0.2) is 18.6 Å². The van der Waals surface area contributed by atoms with Gasteiger partial charge in [0, 0.05) is 6.04 Å². The van der Waals surface area contributed by atoms with Gasteiger partial charge in [-0.2, -0.15) is 0 Å². The van der Waals surface area contributed by atoms with Gasteiger partial charge in [0.1, 0.15) is 0 Å². The molecule has 0 aromatic carbocycles. The number of ether oxygens (including phenoxy) is 1. The summed E-state index contributed by atoms with van der Waals surface area (Å²) in [6.45, 7) is 0.627. The van der Waals surface area contributed by atoms with E-state index in [1.165, 1.54) is 19.3 Å². The van der Waals surface area contributed by atoms with Crippen molar-refractivity contribution in [1.29, 1.82) is 0 Å². The minimum atomic E-state index is -0.0451. The summed E-state index contributed by atoms with van der Waals surface area (Å²) in [6, 6.07) is 0.0270. The Kier molecular flexibility index (Phi) is 3.62. The maximum absolute atomic E-state index is 11.8. The molecule has 3 heteroatoms. The van der Waals surface area contributed by atoms with Crippen molar-refractivity contribution in [3.63, 3.8) is 0 Å². The lowest BCUT2D eigenvalue weighted by molar-refractivity contribution is -0.150. The number of rotatable bonds is 3. The van der Waals surface area contributed by atoms with E-state index in [-0.39, 0.29) is 17.9 Å². The van der Waals surface area contributed by atoms with Gasteiger partial charge in [-0.05, 0) is 31.6 Å². The Hall–Kier alpha value is -0.570. The van der Waals surface area contributed by atoms with Crippen LogP contribution in [0.2, 0.25) is 0 Å². The lowest BCUT2D eigenvalue weighted by atomic mass is 9.96. The zero-order chi connectivity index (χ0) is 10.7. The van der Waals surface area contributed by atoms with Gasteiger partial charge in [0.2, 0.25) is 0 Å². The SMILES string of the molecule is NC1CCCCCC1C(=O)OCC1CC1. The van der Waals surface area contributed by atoms with Gasteiger partial charge < -0.3 is 10.5 Å². The molecule has 3 nitrogen and oxygen atoms in total. The molecule has 2 fully saturated rings. The molecule has 2 rings (SSSR count). The summed E-state index contributed by atoms with van der Waals surface area (Å²) in [4.78, 5) is 11.8. The van der Waals surface area contributed by atoms with Gasteiger partial charge in [-0.3, -0.25) is 4.79 Å². The maximum atomic E-state index is 11.8. The Morgan fingerprint density at radius 1 is 1.13 bits per heavy atom. The molecule has 2 N–H and O–H groups in total. The predicted molar refractivity (Wildman–Crippen MR) is 58.2 cm³/mol. The van der Waals surface area contributed by atoms with Crippen molar-refractivity contribution in [2.45, 2.75) is 51.0 Å². The summed E-state index contributed by atoms with van der Waals surface area (Å²) in [5.74, 6) is 0.568. The molecule has 0 bridgehead atoms. The van der Waals surface area contributed by atoms with Crippen molar-refractivity contribution in [3.8, 4) is 0 Å². The van der Waals surface area contributed by atoms with E-state index in [1.54, 1.807) is 0 Å². The molecule has 0 radical (unpaired) electrons. The largest absolute Gasteiger partial charge is 0.465 e. The van der Waals surface area contributed by atoms with Gasteiger partial charge in [0.15, 0.2) is 0 Å². The first-order valence-electron chi connectivity index (χ1n) is 6.19. The minimum absolute atomic E-state index is 0.0270. The highest BCUT2D eigenvalue weighted by atomic mass is 16.5. The van der Waals surface area contributed by atoms with Crippen LogP contribution < -0.4 is 5.73 Å². The van der Waals surface area contributed by atoms with Crippen molar-refractivity contribution in [3.05, 3.63) is 0 Å². The van der Waals surface area contributed by atoms with Crippen molar-refractivity contribution < 1.29 is 9.53 Å². The molecule has 0 aromatic heterocycles. The second-order valence-corrected chi connectivity index (χ2v) is 4.98. The first-order valence-corrected chi connectivity index (χ1v) is 6.19. The van der Waals surface area contributed by atoms with E-state index >= 15 is 0 Å². The highest BCUT2D eigenvalue weighted by molar-refractivity contribution is 5.73. The number of nitrogens with two attached hydrogens (primary N) is 1. The Labute approximate surface area is 91.4 Å². The molecule has 15 heavy (non-hydrogen) atoms. The fourth-order valence-corrected chi connectivity index (χ4v) is 2.22. The topological polar surface area (TPSA) is 52.3 Å². The van der Waals surface area contributed by atoms with Crippen LogP contribution in [0, 0.1) is 11.8 Å². The van der Waals surface area contributed by atoms with Gasteiger partial charge in [-0.15, -0.1) is 0 Å². The predicted octanol–water partition coefficient (Wildman–Crippen LogP) is 1.85. The Bertz CT molecular complexity index is 226. The minimum Gasteiger partial charge on any atom is -0.465 e. The molecule has 0 saturated heterocycles. The molecule has 2 aliphatic carbocycles. The van der Waals surface area contributed by atoms with E-state index < -0.39 is 0 Å². The van der Waals surface area contributed by atoms with Crippen molar-refractivity contribution in [1.82, 2.24) is 0 Å². The molecule has 0 aromatic rings. The van der Waals surface area contributed by atoms with E-state index in [0.717, 1.165) is 25.7 Å². The van der Waals surface area contributed by atoms with Crippen LogP contribution in [-0.2, 0) is 9.53 Å². The van der Waals surface area contributed by atoms with Crippen LogP contribution in [0.5, 0.6) is 0 Å². The third-order valence-corrected chi connectivity index (χ3v) is 3.53. The summed E-state index contributed by atoms with van der Waals surface area (Å²) in [7, 11) is 0. The van der Waals surface area contributed by atoms with Crippen molar-refractivity contribution in [2.24, 2.45) is 17.6 Å². The van der Waals surface area contributed by atoms with Gasteiger partial charge >= 0.3 is 5.97 Å². The van der Waals surface area contributed by atoms with E-state index in [4.69, 9.17) is 10.5 Å². The zero-order valence-corrected chi connectivity index (χ0v) is 9.28. The molecule has 2 aliphatic rings. The average Bonchev–Trinajstić information content (AvgIpc) is 3.02. The Balaban J connectivity index is 1.79. The quantitative estimate of drug-likeness (QED) is 0.572. The van der Waals surface area contributed by atoms with Gasteiger partial charge in [-0.25, -0.2) is 0 Å². The van der Waals surface area contributed by atoms with E-state index in [0.29, 0.717) is 12.5 Å². The number of esters is 1. The molecular formula is C12H21NO2. The summed E-state index contributed by atoms with van der Waals surface area (Å²) in [5.41, 5.74) is 6.00. The summed E-state index contributed by atoms with van der Waals surface area (Å²) in [5, 5.41) is 0.